The van der Waals surface area contributed by atoms with Crippen molar-refractivity contribution in [3.8, 4) is 11.4 Å². The highest BCUT2D eigenvalue weighted by atomic mass is 16.2. The predicted octanol–water partition coefficient (Wildman–Crippen LogP) is 0.825. The first-order valence-electron chi connectivity index (χ1n) is 6.40. The number of hydrogen-bond acceptors (Lipinski definition) is 5. The highest BCUT2D eigenvalue weighted by Gasteiger charge is 2.24. The van der Waals surface area contributed by atoms with Gasteiger partial charge in [-0.2, -0.15) is 0 Å². The van der Waals surface area contributed by atoms with Crippen molar-refractivity contribution in [2.24, 2.45) is 5.73 Å². The highest BCUT2D eigenvalue weighted by molar-refractivity contribution is 6.01. The summed E-state index contributed by atoms with van der Waals surface area (Å²) in [5.74, 6) is 1.92. The minimum Gasteiger partial charge on any atom is -0.324 e. The number of hydrogen-bond donors (Lipinski definition) is 1. The second-order valence-electron chi connectivity index (χ2n) is 4.80. The number of amides is 1. The number of fused-ring (bicyclic) bond motifs is 1. The van der Waals surface area contributed by atoms with Crippen LogP contribution in [0.3, 0.4) is 0 Å². The molecule has 1 aromatic carbocycles. The van der Waals surface area contributed by atoms with Crippen LogP contribution in [-0.2, 0) is 17.8 Å². The fourth-order valence-corrected chi connectivity index (χ4v) is 2.37. The Balaban J connectivity index is 2.06. The zero-order chi connectivity index (χ0) is 14.3. The van der Waals surface area contributed by atoms with Crippen molar-refractivity contribution in [3.63, 3.8) is 0 Å². The van der Waals surface area contributed by atoms with E-state index in [0.717, 1.165) is 16.8 Å². The van der Waals surface area contributed by atoms with E-state index in [4.69, 9.17) is 5.73 Å². The SMILES string of the molecule is Cc1nc(CN)nc(-c2ccc3c(c2)CC(=O)N3C)n1. The van der Waals surface area contributed by atoms with E-state index in [1.165, 1.54) is 0 Å². The zero-order valence-electron chi connectivity index (χ0n) is 11.4. The molecule has 6 nitrogen and oxygen atoms in total. The molecule has 2 N–H and O–H groups in total. The standard InChI is InChI=1S/C14H15N5O/c1-8-16-12(7-15)18-14(17-8)9-3-4-11-10(5-9)6-13(20)19(11)2/h3-5H,6-7,15H2,1-2H3. The molecule has 1 aromatic heterocycles. The van der Waals surface area contributed by atoms with Crippen molar-refractivity contribution >= 4 is 11.6 Å². The summed E-state index contributed by atoms with van der Waals surface area (Å²) < 4.78 is 0. The van der Waals surface area contributed by atoms with Crippen LogP contribution in [0.5, 0.6) is 0 Å². The second-order valence-corrected chi connectivity index (χ2v) is 4.80. The number of aromatic nitrogens is 3. The van der Waals surface area contributed by atoms with Crippen LogP contribution in [0.25, 0.3) is 11.4 Å². The van der Waals surface area contributed by atoms with Crippen LogP contribution in [0, 0.1) is 6.92 Å². The Kier molecular flexibility index (Phi) is 2.94. The first-order valence-corrected chi connectivity index (χ1v) is 6.40. The number of benzene rings is 1. The van der Waals surface area contributed by atoms with E-state index in [2.05, 4.69) is 15.0 Å². The quantitative estimate of drug-likeness (QED) is 0.872. The number of carbonyl (C=O) groups is 1. The molecule has 0 bridgehead atoms. The first-order chi connectivity index (χ1) is 9.58. The van der Waals surface area contributed by atoms with Crippen LogP contribution in [-0.4, -0.2) is 27.9 Å². The fraction of sp³-hybridized carbons (Fsp3) is 0.286. The van der Waals surface area contributed by atoms with Crippen molar-refractivity contribution in [3.05, 3.63) is 35.4 Å². The third-order valence-corrected chi connectivity index (χ3v) is 3.39. The van der Waals surface area contributed by atoms with Gasteiger partial charge in [0.15, 0.2) is 5.82 Å². The molecular formula is C14H15N5O. The molecular weight excluding hydrogens is 254 g/mol. The van der Waals surface area contributed by atoms with Crippen LogP contribution >= 0.6 is 0 Å². The third-order valence-electron chi connectivity index (χ3n) is 3.39. The average molecular weight is 269 g/mol. The normalized spacial score (nSPS) is 13.8. The lowest BCUT2D eigenvalue weighted by molar-refractivity contribution is -0.117. The van der Waals surface area contributed by atoms with E-state index in [1.54, 1.807) is 11.9 Å². The topological polar surface area (TPSA) is 85.0 Å². The molecule has 0 spiro atoms. The van der Waals surface area contributed by atoms with E-state index in [0.29, 0.717) is 23.9 Å². The summed E-state index contributed by atoms with van der Waals surface area (Å²) in [5, 5.41) is 0. The number of nitrogens with two attached hydrogens (primary N) is 1. The zero-order valence-corrected chi connectivity index (χ0v) is 11.4. The number of nitrogens with zero attached hydrogens (tertiary/aromatic N) is 4. The minimum atomic E-state index is 0.103. The van der Waals surface area contributed by atoms with Gasteiger partial charge in [0.05, 0.1) is 13.0 Å². The van der Waals surface area contributed by atoms with E-state index >= 15 is 0 Å². The molecule has 0 radical (unpaired) electrons. The maximum Gasteiger partial charge on any atom is 0.231 e. The van der Waals surface area contributed by atoms with Crippen LogP contribution < -0.4 is 10.6 Å². The Bertz CT molecular complexity index is 698. The van der Waals surface area contributed by atoms with Gasteiger partial charge in [-0.1, -0.05) is 0 Å². The molecule has 1 aliphatic rings. The van der Waals surface area contributed by atoms with Crippen molar-refractivity contribution < 1.29 is 4.79 Å². The van der Waals surface area contributed by atoms with Crippen LogP contribution in [0.2, 0.25) is 0 Å². The molecule has 0 atom stereocenters. The van der Waals surface area contributed by atoms with Gasteiger partial charge in [0, 0.05) is 18.3 Å². The number of anilines is 1. The molecule has 6 heteroatoms. The molecule has 3 rings (SSSR count). The van der Waals surface area contributed by atoms with E-state index in [9.17, 15) is 4.79 Å². The molecule has 1 aliphatic heterocycles. The summed E-state index contributed by atoms with van der Waals surface area (Å²) >= 11 is 0. The Labute approximate surface area is 116 Å². The van der Waals surface area contributed by atoms with Gasteiger partial charge in [0.1, 0.15) is 11.6 Å². The summed E-state index contributed by atoms with van der Waals surface area (Å²) in [4.78, 5) is 26.2. The van der Waals surface area contributed by atoms with E-state index in [-0.39, 0.29) is 12.5 Å². The molecule has 0 aliphatic carbocycles. The molecule has 0 saturated carbocycles. The van der Waals surface area contributed by atoms with Crippen LogP contribution in [0.4, 0.5) is 5.69 Å². The Morgan fingerprint density at radius 3 is 2.85 bits per heavy atom. The lowest BCUT2D eigenvalue weighted by atomic mass is 10.1. The second kappa shape index (κ2) is 4.64. The van der Waals surface area contributed by atoms with Gasteiger partial charge in [-0.25, -0.2) is 15.0 Å². The summed E-state index contributed by atoms with van der Waals surface area (Å²) in [6, 6.07) is 5.81. The molecule has 1 amide bonds. The van der Waals surface area contributed by atoms with Gasteiger partial charge < -0.3 is 10.6 Å². The van der Waals surface area contributed by atoms with Crippen molar-refractivity contribution in [2.75, 3.05) is 11.9 Å². The van der Waals surface area contributed by atoms with Gasteiger partial charge >= 0.3 is 0 Å². The minimum absolute atomic E-state index is 0.103. The summed E-state index contributed by atoms with van der Waals surface area (Å²) in [6.45, 7) is 2.09. The van der Waals surface area contributed by atoms with Crippen molar-refractivity contribution in [2.45, 2.75) is 19.9 Å². The monoisotopic (exact) mass is 269 g/mol. The molecule has 2 aromatic rings. The predicted molar refractivity (Wildman–Crippen MR) is 75.0 cm³/mol. The lowest BCUT2D eigenvalue weighted by Crippen LogP contribution is -2.20. The molecule has 0 fully saturated rings. The lowest BCUT2D eigenvalue weighted by Gasteiger charge is -2.10. The smallest absolute Gasteiger partial charge is 0.231 e. The largest absolute Gasteiger partial charge is 0.324 e. The van der Waals surface area contributed by atoms with E-state index < -0.39 is 0 Å². The van der Waals surface area contributed by atoms with Gasteiger partial charge in [-0.3, -0.25) is 4.79 Å². The van der Waals surface area contributed by atoms with Crippen molar-refractivity contribution in [1.82, 2.24) is 15.0 Å². The first kappa shape index (κ1) is 12.7. The number of rotatable bonds is 2. The molecule has 20 heavy (non-hydrogen) atoms. The number of likely N-dealkylation sites (N-methyl/N-ethyl adjacent to an activating group) is 1. The molecule has 0 unspecified atom stereocenters. The van der Waals surface area contributed by atoms with Crippen molar-refractivity contribution in [1.29, 1.82) is 0 Å². The average Bonchev–Trinajstić information content (AvgIpc) is 2.73. The number of aryl methyl sites for hydroxylation is 1. The highest BCUT2D eigenvalue weighted by Crippen LogP contribution is 2.30. The summed E-state index contributed by atoms with van der Waals surface area (Å²) in [5.41, 5.74) is 8.42. The Morgan fingerprint density at radius 1 is 1.30 bits per heavy atom. The maximum atomic E-state index is 11.7. The summed E-state index contributed by atoms with van der Waals surface area (Å²) in [6.07, 6.45) is 0.424. The summed E-state index contributed by atoms with van der Waals surface area (Å²) in [7, 11) is 1.79. The van der Waals surface area contributed by atoms with Gasteiger partial charge in [-0.05, 0) is 30.7 Å². The molecule has 2 heterocycles. The van der Waals surface area contributed by atoms with Gasteiger partial charge in [0.2, 0.25) is 5.91 Å². The van der Waals surface area contributed by atoms with Crippen LogP contribution in [0.15, 0.2) is 18.2 Å². The maximum absolute atomic E-state index is 11.7. The van der Waals surface area contributed by atoms with E-state index in [1.807, 2.05) is 25.1 Å². The Hall–Kier alpha value is -2.34. The Morgan fingerprint density at radius 2 is 2.10 bits per heavy atom. The molecule has 102 valence electrons. The van der Waals surface area contributed by atoms with Gasteiger partial charge in [0.25, 0.3) is 0 Å². The third kappa shape index (κ3) is 2.04. The fourth-order valence-electron chi connectivity index (χ4n) is 2.37. The van der Waals surface area contributed by atoms with Gasteiger partial charge in [-0.15, -0.1) is 0 Å². The van der Waals surface area contributed by atoms with Crippen LogP contribution in [0.1, 0.15) is 17.2 Å². The molecule has 0 saturated heterocycles. The number of carbonyl (C=O) groups excluding carboxylic acids is 1.